The van der Waals surface area contributed by atoms with Crippen LogP contribution in [0.4, 0.5) is 15.2 Å². The molecule has 3 N–H and O–H groups in total. The Labute approximate surface area is 188 Å². The number of benzene rings is 2. The average Bonchev–Trinajstić information content (AvgIpc) is 3.20. The number of halogens is 3. The van der Waals surface area contributed by atoms with Crippen molar-refractivity contribution in [3.63, 3.8) is 0 Å². The highest BCUT2D eigenvalue weighted by Crippen LogP contribution is 2.29. The molecule has 0 saturated carbocycles. The highest BCUT2D eigenvalue weighted by molar-refractivity contribution is 7.93. The minimum absolute atomic E-state index is 0.0280. The number of rotatable bonds is 9. The van der Waals surface area contributed by atoms with E-state index in [1.54, 1.807) is 5.38 Å². The summed E-state index contributed by atoms with van der Waals surface area (Å²) < 4.78 is 41.7. The molecule has 0 radical (unpaired) electrons. The van der Waals surface area contributed by atoms with Gasteiger partial charge in [-0.25, -0.2) is 17.8 Å². The van der Waals surface area contributed by atoms with Crippen LogP contribution in [-0.2, 0) is 16.4 Å². The van der Waals surface area contributed by atoms with Crippen LogP contribution in [0.5, 0.6) is 0 Å². The van der Waals surface area contributed by atoms with E-state index in [1.165, 1.54) is 6.20 Å². The minimum Gasteiger partial charge on any atom is -0.382 e. The molecule has 160 valence electrons. The monoisotopic (exact) mass is 488 g/mol. The van der Waals surface area contributed by atoms with Crippen LogP contribution in [0.2, 0.25) is 10.0 Å². The smallest absolute Gasteiger partial charge is 0.266 e. The summed E-state index contributed by atoms with van der Waals surface area (Å²) in [5.41, 5.74) is 1.39. The van der Waals surface area contributed by atoms with Crippen LogP contribution in [-0.4, -0.2) is 33.0 Å². The van der Waals surface area contributed by atoms with E-state index in [0.29, 0.717) is 23.7 Å². The second-order valence-electron chi connectivity index (χ2n) is 6.40. The van der Waals surface area contributed by atoms with Gasteiger partial charge in [-0.3, -0.25) is 4.72 Å². The van der Waals surface area contributed by atoms with Crippen molar-refractivity contribution in [1.29, 1.82) is 0 Å². The van der Waals surface area contributed by atoms with Crippen molar-refractivity contribution in [2.75, 3.05) is 23.6 Å². The quantitative estimate of drug-likeness (QED) is 0.408. The Bertz CT molecular complexity index is 1090. The van der Waals surface area contributed by atoms with Gasteiger partial charge in [-0.2, -0.15) is 0 Å². The summed E-state index contributed by atoms with van der Waals surface area (Å²) in [5, 5.41) is 8.77. The Morgan fingerprint density at radius 3 is 2.57 bits per heavy atom. The largest absolute Gasteiger partial charge is 0.382 e. The standard InChI is InChI=1S/C19H19Cl2FN4O2S2/c1-23-14(8-12-2-4-13(20)5-3-12)11-25-17-10-16(22)18(9-15(17)21)30(27,28)26-19-24-6-7-29-19/h2-7,9-10,14,23,25H,8,11H2,1H3,(H,24,26). The highest BCUT2D eigenvalue weighted by Gasteiger charge is 2.22. The predicted molar refractivity (Wildman–Crippen MR) is 121 cm³/mol. The van der Waals surface area contributed by atoms with E-state index in [0.717, 1.165) is 29.0 Å². The molecule has 0 aliphatic heterocycles. The number of likely N-dealkylation sites (N-methyl/N-ethyl adjacent to an activating group) is 1. The van der Waals surface area contributed by atoms with Gasteiger partial charge in [-0.1, -0.05) is 35.3 Å². The molecule has 0 aliphatic rings. The second-order valence-corrected chi connectivity index (χ2v) is 9.79. The Balaban J connectivity index is 1.70. The molecule has 0 spiro atoms. The fraction of sp³-hybridized carbons (Fsp3) is 0.211. The van der Waals surface area contributed by atoms with Crippen LogP contribution in [0.15, 0.2) is 52.9 Å². The van der Waals surface area contributed by atoms with Crippen LogP contribution in [0.1, 0.15) is 5.56 Å². The van der Waals surface area contributed by atoms with Crippen LogP contribution >= 0.6 is 34.5 Å². The summed E-state index contributed by atoms with van der Waals surface area (Å²) in [5.74, 6) is -0.912. The number of nitrogens with one attached hydrogen (secondary N) is 3. The number of hydrogen-bond acceptors (Lipinski definition) is 6. The molecule has 2 aromatic carbocycles. The minimum atomic E-state index is -4.15. The van der Waals surface area contributed by atoms with E-state index in [1.807, 2.05) is 31.3 Å². The molecule has 0 bridgehead atoms. The van der Waals surface area contributed by atoms with Gasteiger partial charge < -0.3 is 10.6 Å². The van der Waals surface area contributed by atoms with E-state index >= 15 is 0 Å². The van der Waals surface area contributed by atoms with Crippen molar-refractivity contribution < 1.29 is 12.8 Å². The molecule has 0 fully saturated rings. The fourth-order valence-electron chi connectivity index (χ4n) is 2.73. The summed E-state index contributed by atoms with van der Waals surface area (Å²) in [7, 11) is -2.32. The lowest BCUT2D eigenvalue weighted by Gasteiger charge is -2.19. The van der Waals surface area contributed by atoms with Gasteiger partial charge in [0.15, 0.2) is 5.13 Å². The second kappa shape index (κ2) is 9.93. The van der Waals surface area contributed by atoms with Crippen LogP contribution in [0.3, 0.4) is 0 Å². The van der Waals surface area contributed by atoms with Gasteiger partial charge in [0.2, 0.25) is 0 Å². The molecule has 3 rings (SSSR count). The zero-order chi connectivity index (χ0) is 21.7. The van der Waals surface area contributed by atoms with Gasteiger partial charge in [0.1, 0.15) is 10.7 Å². The molecule has 0 amide bonds. The zero-order valence-electron chi connectivity index (χ0n) is 15.8. The summed E-state index contributed by atoms with van der Waals surface area (Å²) in [6.07, 6.45) is 2.16. The molecule has 0 aliphatic carbocycles. The Kier molecular flexibility index (Phi) is 7.54. The third kappa shape index (κ3) is 5.83. The van der Waals surface area contributed by atoms with E-state index in [4.69, 9.17) is 23.2 Å². The van der Waals surface area contributed by atoms with Gasteiger partial charge in [0, 0.05) is 29.2 Å². The number of hydrogen-bond donors (Lipinski definition) is 3. The van der Waals surface area contributed by atoms with Crippen molar-refractivity contribution in [3.05, 3.63) is 69.4 Å². The third-order valence-electron chi connectivity index (χ3n) is 4.31. The van der Waals surface area contributed by atoms with Crippen LogP contribution in [0, 0.1) is 5.82 Å². The number of thiazole rings is 1. The molecule has 3 aromatic rings. The first kappa shape index (κ1) is 22.8. The van der Waals surface area contributed by atoms with E-state index in [-0.39, 0.29) is 16.2 Å². The first-order valence-electron chi connectivity index (χ1n) is 8.85. The van der Waals surface area contributed by atoms with Crippen molar-refractivity contribution in [2.45, 2.75) is 17.4 Å². The summed E-state index contributed by atoms with van der Waals surface area (Å²) in [6.45, 7) is 0.446. The molecular formula is C19H19Cl2FN4O2S2. The van der Waals surface area contributed by atoms with Crippen LogP contribution in [0.25, 0.3) is 0 Å². The lowest BCUT2D eigenvalue weighted by Crippen LogP contribution is -2.34. The summed E-state index contributed by atoms with van der Waals surface area (Å²) >= 11 is 13.2. The zero-order valence-corrected chi connectivity index (χ0v) is 19.0. The van der Waals surface area contributed by atoms with Gasteiger partial charge in [0.05, 0.1) is 10.7 Å². The predicted octanol–water partition coefficient (Wildman–Crippen LogP) is 4.63. The van der Waals surface area contributed by atoms with E-state index in [9.17, 15) is 12.8 Å². The van der Waals surface area contributed by atoms with Crippen molar-refractivity contribution >= 4 is 55.4 Å². The van der Waals surface area contributed by atoms with Gasteiger partial charge in [-0.05, 0) is 43.3 Å². The number of aromatic nitrogens is 1. The maximum absolute atomic E-state index is 14.6. The fourth-order valence-corrected chi connectivity index (χ4v) is 5.02. The maximum Gasteiger partial charge on any atom is 0.266 e. The maximum atomic E-state index is 14.6. The molecule has 11 heteroatoms. The lowest BCUT2D eigenvalue weighted by atomic mass is 10.1. The van der Waals surface area contributed by atoms with Crippen LogP contribution < -0.4 is 15.4 Å². The average molecular weight is 489 g/mol. The lowest BCUT2D eigenvalue weighted by molar-refractivity contribution is 0.569. The summed E-state index contributed by atoms with van der Waals surface area (Å²) in [6, 6.07) is 9.71. The van der Waals surface area contributed by atoms with Crippen molar-refractivity contribution in [3.8, 4) is 0 Å². The van der Waals surface area contributed by atoms with E-state index < -0.39 is 20.7 Å². The first-order chi connectivity index (χ1) is 14.3. The van der Waals surface area contributed by atoms with E-state index in [2.05, 4.69) is 20.3 Å². The Morgan fingerprint density at radius 1 is 1.20 bits per heavy atom. The molecule has 6 nitrogen and oxygen atoms in total. The topological polar surface area (TPSA) is 83.1 Å². The Morgan fingerprint density at radius 2 is 1.93 bits per heavy atom. The van der Waals surface area contributed by atoms with Gasteiger partial charge in [0.25, 0.3) is 10.0 Å². The number of sulfonamides is 1. The third-order valence-corrected chi connectivity index (χ3v) is 7.04. The van der Waals surface area contributed by atoms with Crippen molar-refractivity contribution in [2.24, 2.45) is 0 Å². The van der Waals surface area contributed by atoms with Crippen molar-refractivity contribution in [1.82, 2.24) is 10.3 Å². The molecule has 30 heavy (non-hydrogen) atoms. The molecule has 1 aromatic heterocycles. The highest BCUT2D eigenvalue weighted by atomic mass is 35.5. The molecule has 1 unspecified atom stereocenters. The molecular weight excluding hydrogens is 470 g/mol. The number of anilines is 2. The first-order valence-corrected chi connectivity index (χ1v) is 12.0. The SMILES string of the molecule is CNC(CNc1cc(F)c(S(=O)(=O)Nc2nccs2)cc1Cl)Cc1ccc(Cl)cc1. The molecule has 0 saturated heterocycles. The number of nitrogens with zero attached hydrogens (tertiary/aromatic N) is 1. The Hall–Kier alpha value is -1.91. The van der Waals surface area contributed by atoms with Gasteiger partial charge >= 0.3 is 0 Å². The summed E-state index contributed by atoms with van der Waals surface area (Å²) in [4.78, 5) is 3.30. The normalized spacial score (nSPS) is 12.5. The molecule has 1 atom stereocenters. The molecule has 1 heterocycles. The van der Waals surface area contributed by atoms with Gasteiger partial charge in [-0.15, -0.1) is 11.3 Å².